The van der Waals surface area contributed by atoms with Gasteiger partial charge < -0.3 is 14.7 Å². The van der Waals surface area contributed by atoms with Gasteiger partial charge in [-0.25, -0.2) is 4.39 Å². The number of rotatable bonds is 9. The van der Waals surface area contributed by atoms with Crippen LogP contribution in [-0.4, -0.2) is 79.6 Å². The van der Waals surface area contributed by atoms with Crippen LogP contribution >= 0.6 is 0 Å². The predicted molar refractivity (Wildman–Crippen MR) is 110 cm³/mol. The molecule has 0 fully saturated rings. The Morgan fingerprint density at radius 1 is 1.45 bits per heavy atom. The molecule has 162 valence electrons. The van der Waals surface area contributed by atoms with Crippen LogP contribution in [0.3, 0.4) is 0 Å². The van der Waals surface area contributed by atoms with Crippen molar-refractivity contribution in [2.45, 2.75) is 44.9 Å². The molecule has 0 aromatic rings. The number of carbonyl (C=O) groups excluding carboxylic acids is 1. The second-order valence-corrected chi connectivity index (χ2v) is 7.69. The van der Waals surface area contributed by atoms with E-state index < -0.39 is 19.3 Å². The van der Waals surface area contributed by atoms with Gasteiger partial charge in [-0.1, -0.05) is 29.5 Å². The average Bonchev–Trinajstić information content (AvgIpc) is 2.75. The van der Waals surface area contributed by atoms with Crippen LogP contribution in [0.4, 0.5) is 4.39 Å². The number of methoxy groups -OCH3 is 1. The highest BCUT2D eigenvalue weighted by molar-refractivity contribution is 5.77. The lowest BCUT2D eigenvalue weighted by Crippen LogP contribution is -2.45. The molecular formula is C21H33FN4O3. The standard InChI is InChI=1S/C21H33FN4O3/c1-15(2)23-24-25(3)19(13-22)21(29-4)18-7-5-16(6-8-18)17-9-11-26(12-10-17)20(28)14-27/h5-7,9,15,18-19,21,27H,8,10-14H2,1-4H3. The van der Waals surface area contributed by atoms with Crippen LogP contribution in [0.5, 0.6) is 0 Å². The van der Waals surface area contributed by atoms with Crippen molar-refractivity contribution in [3.05, 3.63) is 35.5 Å². The molecule has 2 aliphatic rings. The molecule has 7 nitrogen and oxygen atoms in total. The van der Waals surface area contributed by atoms with Crippen LogP contribution in [-0.2, 0) is 9.53 Å². The first-order valence-electron chi connectivity index (χ1n) is 10.1. The van der Waals surface area contributed by atoms with Crippen LogP contribution in [0.1, 0.15) is 26.7 Å². The maximum atomic E-state index is 13.8. The van der Waals surface area contributed by atoms with Crippen LogP contribution < -0.4 is 0 Å². The number of nitrogens with zero attached hydrogens (tertiary/aromatic N) is 4. The SMILES string of the molecule is COC(C1C=CC(C2=CCN(C(=O)CO)CC2)=CC1)C(CF)N(C)N=NC(C)C. The van der Waals surface area contributed by atoms with Crippen molar-refractivity contribution >= 4 is 5.91 Å². The second-order valence-electron chi connectivity index (χ2n) is 7.69. The van der Waals surface area contributed by atoms with Gasteiger partial charge in [0.05, 0.1) is 12.1 Å². The number of halogens is 1. The zero-order chi connectivity index (χ0) is 21.4. The summed E-state index contributed by atoms with van der Waals surface area (Å²) < 4.78 is 19.5. The number of likely N-dealkylation sites (N-methyl/N-ethyl adjacent to an activating group) is 1. The van der Waals surface area contributed by atoms with Gasteiger partial charge in [0.25, 0.3) is 0 Å². The molecule has 2 rings (SSSR count). The molecule has 3 unspecified atom stereocenters. The quantitative estimate of drug-likeness (QED) is 0.470. The average molecular weight is 409 g/mol. The van der Waals surface area contributed by atoms with Gasteiger partial charge in [-0.3, -0.25) is 9.80 Å². The summed E-state index contributed by atoms with van der Waals surface area (Å²) in [6.07, 6.45) is 9.47. The number of allylic oxidation sites excluding steroid dienone is 3. The van der Waals surface area contributed by atoms with E-state index in [2.05, 4.69) is 28.6 Å². The van der Waals surface area contributed by atoms with E-state index in [1.807, 2.05) is 19.9 Å². The Balaban J connectivity index is 2.02. The van der Waals surface area contributed by atoms with Crippen LogP contribution in [0.15, 0.2) is 45.8 Å². The van der Waals surface area contributed by atoms with Crippen LogP contribution in [0, 0.1) is 5.92 Å². The van der Waals surface area contributed by atoms with Gasteiger partial charge in [0.1, 0.15) is 19.3 Å². The monoisotopic (exact) mass is 408 g/mol. The van der Waals surface area contributed by atoms with Gasteiger partial charge in [0, 0.05) is 33.2 Å². The highest BCUT2D eigenvalue weighted by Gasteiger charge is 2.32. The molecule has 0 saturated heterocycles. The molecule has 1 heterocycles. The summed E-state index contributed by atoms with van der Waals surface area (Å²) in [5, 5.41) is 18.8. The number of aliphatic hydroxyl groups is 1. The minimum absolute atomic E-state index is 0.0397. The number of aliphatic hydroxyl groups excluding tert-OH is 1. The zero-order valence-electron chi connectivity index (χ0n) is 17.8. The predicted octanol–water partition coefficient (Wildman–Crippen LogP) is 2.70. The van der Waals surface area contributed by atoms with E-state index >= 15 is 0 Å². The van der Waals surface area contributed by atoms with E-state index in [0.717, 1.165) is 18.4 Å². The zero-order valence-corrected chi connectivity index (χ0v) is 17.8. The number of ether oxygens (including phenoxy) is 1. The molecule has 1 amide bonds. The molecule has 0 radical (unpaired) electrons. The Morgan fingerprint density at radius 2 is 2.21 bits per heavy atom. The fourth-order valence-electron chi connectivity index (χ4n) is 3.65. The van der Waals surface area contributed by atoms with Gasteiger partial charge in [-0.05, 0) is 37.8 Å². The van der Waals surface area contributed by atoms with Crippen LogP contribution in [0.2, 0.25) is 0 Å². The lowest BCUT2D eigenvalue weighted by molar-refractivity contribution is -0.133. The molecule has 0 aromatic carbocycles. The van der Waals surface area contributed by atoms with Crippen molar-refractivity contribution < 1.29 is 19.0 Å². The molecule has 29 heavy (non-hydrogen) atoms. The number of hydrogen-bond acceptors (Lipinski definition) is 5. The Morgan fingerprint density at radius 3 is 2.69 bits per heavy atom. The summed E-state index contributed by atoms with van der Waals surface area (Å²) in [6, 6.07) is -0.467. The third-order valence-corrected chi connectivity index (χ3v) is 5.34. The van der Waals surface area contributed by atoms with Crippen molar-refractivity contribution in [3.63, 3.8) is 0 Å². The minimum Gasteiger partial charge on any atom is -0.387 e. The summed E-state index contributed by atoms with van der Waals surface area (Å²) >= 11 is 0. The molecule has 3 atom stereocenters. The molecular weight excluding hydrogens is 375 g/mol. The highest BCUT2D eigenvalue weighted by Crippen LogP contribution is 2.30. The molecule has 0 aromatic heterocycles. The normalized spacial score (nSPS) is 21.9. The van der Waals surface area contributed by atoms with Gasteiger partial charge in [0.2, 0.25) is 5.91 Å². The molecule has 1 aliphatic heterocycles. The molecule has 1 aliphatic carbocycles. The lowest BCUT2D eigenvalue weighted by Gasteiger charge is -2.34. The van der Waals surface area contributed by atoms with E-state index in [0.29, 0.717) is 13.1 Å². The van der Waals surface area contributed by atoms with Gasteiger partial charge in [-0.15, -0.1) is 0 Å². The first kappa shape index (κ1) is 23.2. The van der Waals surface area contributed by atoms with Crippen molar-refractivity contribution in [2.24, 2.45) is 16.3 Å². The first-order valence-corrected chi connectivity index (χ1v) is 10.1. The Hall–Kier alpha value is -2.06. The molecule has 0 saturated carbocycles. The Bertz CT molecular complexity index is 675. The van der Waals surface area contributed by atoms with E-state index in [4.69, 9.17) is 9.84 Å². The molecule has 8 heteroatoms. The van der Waals surface area contributed by atoms with Gasteiger partial charge >= 0.3 is 0 Å². The maximum Gasteiger partial charge on any atom is 0.248 e. The molecule has 1 N–H and O–H groups in total. The Labute approximate surface area is 172 Å². The van der Waals surface area contributed by atoms with E-state index in [9.17, 15) is 9.18 Å². The van der Waals surface area contributed by atoms with Crippen molar-refractivity contribution in [1.82, 2.24) is 9.91 Å². The van der Waals surface area contributed by atoms with Crippen molar-refractivity contribution in [3.8, 4) is 0 Å². The summed E-state index contributed by atoms with van der Waals surface area (Å²) in [4.78, 5) is 13.2. The maximum absolute atomic E-state index is 13.8. The summed E-state index contributed by atoms with van der Waals surface area (Å²) in [5.41, 5.74) is 2.33. The van der Waals surface area contributed by atoms with E-state index in [1.165, 1.54) is 5.57 Å². The first-order chi connectivity index (χ1) is 13.9. The van der Waals surface area contributed by atoms with Crippen molar-refractivity contribution in [2.75, 3.05) is 40.5 Å². The smallest absolute Gasteiger partial charge is 0.248 e. The fraction of sp³-hybridized carbons (Fsp3) is 0.667. The topological polar surface area (TPSA) is 77.7 Å². The fourth-order valence-corrected chi connectivity index (χ4v) is 3.65. The van der Waals surface area contributed by atoms with Crippen molar-refractivity contribution in [1.29, 1.82) is 0 Å². The third-order valence-electron chi connectivity index (χ3n) is 5.34. The molecule has 0 spiro atoms. The number of amides is 1. The van der Waals surface area contributed by atoms with E-state index in [-0.39, 0.29) is 24.0 Å². The largest absolute Gasteiger partial charge is 0.387 e. The lowest BCUT2D eigenvalue weighted by atomic mass is 9.85. The Kier molecular flexibility index (Phi) is 8.98. The number of hydrogen-bond donors (Lipinski definition) is 1. The molecule has 0 bridgehead atoms. The second kappa shape index (κ2) is 11.2. The third kappa shape index (κ3) is 6.21. The minimum atomic E-state index is -0.576. The summed E-state index contributed by atoms with van der Waals surface area (Å²) in [6.45, 7) is 3.94. The van der Waals surface area contributed by atoms with Crippen LogP contribution in [0.25, 0.3) is 0 Å². The summed E-state index contributed by atoms with van der Waals surface area (Å²) in [7, 11) is 3.33. The van der Waals surface area contributed by atoms with E-state index in [1.54, 1.807) is 24.1 Å². The number of alkyl halides is 1. The van der Waals surface area contributed by atoms with Gasteiger partial charge in [0.15, 0.2) is 0 Å². The highest BCUT2D eigenvalue weighted by atomic mass is 19.1. The summed E-state index contributed by atoms with van der Waals surface area (Å²) in [5.74, 6) is -0.203. The van der Waals surface area contributed by atoms with Gasteiger partial charge in [-0.2, -0.15) is 5.11 Å². The number of carbonyl (C=O) groups is 1.